The number of ether oxygens (including phenoxy) is 6. The maximum Gasteiger partial charge on any atom is 0.508 e. The van der Waals surface area contributed by atoms with E-state index in [9.17, 15) is 32.6 Å². The maximum absolute atomic E-state index is 14.7. The van der Waals surface area contributed by atoms with Crippen LogP contribution in [0.3, 0.4) is 0 Å². The van der Waals surface area contributed by atoms with Crippen LogP contribution in [-0.2, 0) is 41.8 Å². The van der Waals surface area contributed by atoms with Gasteiger partial charge < -0.3 is 68.5 Å². The smallest absolute Gasteiger partial charge is 0.474 e. The number of phosphoric ester groups is 1. The van der Waals surface area contributed by atoms with E-state index in [1.165, 1.54) is 4.90 Å². The Labute approximate surface area is 538 Å². The van der Waals surface area contributed by atoms with Crippen LogP contribution in [0.1, 0.15) is 115 Å². The number of likely N-dealkylation sites (tertiary alicyclic amines) is 2. The Kier molecular flexibility index (Phi) is 21.3. The summed E-state index contributed by atoms with van der Waals surface area (Å²) in [5.41, 5.74) is 10.5. The number of piperazine rings is 1. The second kappa shape index (κ2) is 28.9. The number of piperidine rings is 1. The number of hydrogen-bond donors (Lipinski definition) is 4. The van der Waals surface area contributed by atoms with Gasteiger partial charge in [-0.25, -0.2) is 27.3 Å². The molecule has 0 radical (unpaired) electrons. The Bertz CT molecular complexity index is 3600. The molecule has 3 aromatic heterocycles. The predicted octanol–water partition coefficient (Wildman–Crippen LogP) is 7.35. The lowest BCUT2D eigenvalue weighted by Crippen LogP contribution is -2.54. The molecule has 496 valence electrons. The van der Waals surface area contributed by atoms with E-state index in [1.54, 1.807) is 88.5 Å². The number of amides is 2. The molecule has 27 nitrogen and oxygen atoms in total. The van der Waals surface area contributed by atoms with E-state index >= 15 is 0 Å². The van der Waals surface area contributed by atoms with Gasteiger partial charge in [-0.1, -0.05) is 38.1 Å². The standard InChI is InChI=1S/C62H80N11O16PS2/c1-37(2)57(60(75)72-35-48(88-61(76)85-39(4)62(5,6)91-92(7,80)81)29-52(72)59(74)66-38(3)41-14-12-40(32-63)13-15-41)54-31-56(69-89-54)82-25-24-70-22-19-45(20-23-70)86-46-27-47(28-46)87-55-26-42(18-21-65-55)73-43-16-17-44(73)34-71(33-43)51-30-50(67-68-58(51)64)49-10-8-9-11-53(49)83-36-84-90(77,78)79/h8-15,18,21,26,30-31,37-39,43-48,52,57H,16-17,19-20,22-25,27-29,33-36H2,1-7H3,(H2,64,68)(H,66,74)(H2,77,78,79)/t38-,39?,43?,44?,46?,47?,48+,52-,57?/m0/s1. The van der Waals surface area contributed by atoms with Gasteiger partial charge in [-0.05, 0) is 117 Å². The summed E-state index contributed by atoms with van der Waals surface area (Å²) < 4.78 is 80.5. The van der Waals surface area contributed by atoms with E-state index in [0.717, 1.165) is 74.8 Å². The third kappa shape index (κ3) is 17.1. The van der Waals surface area contributed by atoms with E-state index in [0.29, 0.717) is 71.3 Å². The molecule has 4 unspecified atom stereocenters. The number of nitrogens with zero attached hydrogens (tertiary/aromatic N) is 9. The number of carbonyl (C=O) groups excluding carboxylic acids is 3. The van der Waals surface area contributed by atoms with Gasteiger partial charge in [0.15, 0.2) is 27.2 Å². The maximum atomic E-state index is 14.7. The molecule has 5 aromatic rings. The van der Waals surface area contributed by atoms with Crippen molar-refractivity contribution in [2.24, 2.45) is 5.92 Å². The van der Waals surface area contributed by atoms with E-state index in [2.05, 4.69) is 50.9 Å². The molecule has 5 N–H and O–H groups in total. The number of nitrogens with two attached hydrogens (primary N) is 1. The molecule has 1 aliphatic carbocycles. The van der Waals surface area contributed by atoms with Crippen LogP contribution < -0.4 is 35.1 Å². The summed E-state index contributed by atoms with van der Waals surface area (Å²) >= 11 is 0. The number of aromatic nitrogens is 4. The molecule has 30 heteroatoms. The van der Waals surface area contributed by atoms with Crippen molar-refractivity contribution in [1.82, 2.24) is 35.5 Å². The fraction of sp³-hybridized carbons (Fsp3) is 0.548. The molecule has 0 spiro atoms. The SMILES string of the molecule is CC(C)C(C(=O)N1C[C@H](OC(=O)OC(C)C(C)(C)SS(C)(=O)=O)C[C@H]1C(=O)N[C@@H](C)c1ccc(C#N)cc1)c1cc(OCCN2CCC(OC3CC(Oc4cc(N5C6CCC5CN(c5cc(-c7ccccc7OCOP(=O)(O)O)nnc5N)C6)ccn4)C3)CC2)no1. The van der Waals surface area contributed by atoms with E-state index in [4.69, 9.17) is 48.5 Å². The van der Waals surface area contributed by atoms with Crippen molar-refractivity contribution in [3.63, 3.8) is 0 Å². The molecule has 92 heavy (non-hydrogen) atoms. The summed E-state index contributed by atoms with van der Waals surface area (Å²) in [6, 6.07) is 22.2. The fourth-order valence-corrected chi connectivity index (χ4v) is 16.4. The number of benzene rings is 2. The minimum Gasteiger partial charge on any atom is -0.474 e. The van der Waals surface area contributed by atoms with Crippen LogP contribution in [0.25, 0.3) is 11.3 Å². The fourth-order valence-electron chi connectivity index (χ4n) is 12.5. The van der Waals surface area contributed by atoms with Crippen molar-refractivity contribution in [3.8, 4) is 34.8 Å². The Morgan fingerprint density at radius 3 is 2.29 bits per heavy atom. The predicted molar refractivity (Wildman–Crippen MR) is 339 cm³/mol. The Balaban J connectivity index is 0.668. The number of hydrogen-bond acceptors (Lipinski definition) is 24. The number of anilines is 3. The monoisotopic (exact) mass is 1330 g/mol. The Morgan fingerprint density at radius 2 is 1.61 bits per heavy atom. The minimum atomic E-state index is -4.73. The van der Waals surface area contributed by atoms with Crippen LogP contribution in [0.15, 0.2) is 83.5 Å². The Morgan fingerprint density at radius 1 is 0.891 bits per heavy atom. The van der Waals surface area contributed by atoms with Gasteiger partial charge in [-0.3, -0.25) is 14.5 Å². The molecule has 5 aliphatic rings. The van der Waals surface area contributed by atoms with Crippen LogP contribution in [0.4, 0.5) is 22.0 Å². The average Bonchev–Trinajstić information content (AvgIpc) is 1.56. The highest BCUT2D eigenvalue weighted by Gasteiger charge is 2.47. The third-order valence-electron chi connectivity index (χ3n) is 17.5. The lowest BCUT2D eigenvalue weighted by atomic mass is 9.91. The number of para-hydroxylation sites is 1. The molecule has 5 fully saturated rings. The summed E-state index contributed by atoms with van der Waals surface area (Å²) in [5.74, 6) is -0.515. The zero-order valence-corrected chi connectivity index (χ0v) is 55.0. The van der Waals surface area contributed by atoms with Crippen LogP contribution in [0, 0.1) is 17.2 Å². The number of carbonyl (C=O) groups is 3. The lowest BCUT2D eigenvalue weighted by Gasteiger charge is -2.43. The highest BCUT2D eigenvalue weighted by atomic mass is 33.1. The molecule has 7 heterocycles. The summed E-state index contributed by atoms with van der Waals surface area (Å²) in [6.45, 7) is 13.5. The molecular weight excluding hydrogens is 1250 g/mol. The van der Waals surface area contributed by atoms with Gasteiger partial charge in [-0.2, -0.15) is 5.26 Å². The van der Waals surface area contributed by atoms with Crippen molar-refractivity contribution in [2.75, 3.05) is 74.5 Å². The van der Waals surface area contributed by atoms with E-state index in [-0.39, 0.29) is 60.9 Å². The number of phosphoric acid groups is 1. The summed E-state index contributed by atoms with van der Waals surface area (Å²) in [4.78, 5) is 73.3. The number of rotatable bonds is 26. The van der Waals surface area contributed by atoms with Gasteiger partial charge in [0.25, 0.3) is 5.88 Å². The zero-order chi connectivity index (χ0) is 65.6. The van der Waals surface area contributed by atoms with Crippen molar-refractivity contribution in [3.05, 3.63) is 95.9 Å². The van der Waals surface area contributed by atoms with Crippen molar-refractivity contribution < 1.29 is 74.6 Å². The first kappa shape index (κ1) is 67.6. The van der Waals surface area contributed by atoms with Gasteiger partial charge in [0.05, 0.1) is 52.6 Å². The molecule has 4 saturated heterocycles. The third-order valence-corrected chi connectivity index (χ3v) is 21.2. The van der Waals surface area contributed by atoms with Gasteiger partial charge in [-0.15, -0.1) is 10.2 Å². The van der Waals surface area contributed by atoms with Crippen LogP contribution >= 0.6 is 18.6 Å². The zero-order valence-electron chi connectivity index (χ0n) is 52.4. The van der Waals surface area contributed by atoms with Gasteiger partial charge in [0.1, 0.15) is 42.6 Å². The number of pyridine rings is 1. The van der Waals surface area contributed by atoms with Crippen molar-refractivity contribution in [2.45, 2.75) is 152 Å². The topological polar surface area (TPSA) is 347 Å². The highest BCUT2D eigenvalue weighted by Crippen LogP contribution is 2.42. The van der Waals surface area contributed by atoms with Gasteiger partial charge in [0, 0.05) is 99.9 Å². The number of nitriles is 1. The minimum absolute atomic E-state index is 0.0143. The molecule has 2 amide bonds. The van der Waals surface area contributed by atoms with Gasteiger partial charge in [0.2, 0.25) is 17.7 Å². The molecule has 10 rings (SSSR count). The highest BCUT2D eigenvalue weighted by molar-refractivity contribution is 8.72. The van der Waals surface area contributed by atoms with Crippen LogP contribution in [-0.4, -0.2) is 179 Å². The molecule has 1 saturated carbocycles. The molecular formula is C62H80N11O16PS2. The first-order valence-electron chi connectivity index (χ1n) is 30.8. The summed E-state index contributed by atoms with van der Waals surface area (Å²) in [6.07, 6.45) is 5.35. The molecule has 2 aromatic carbocycles. The van der Waals surface area contributed by atoms with E-state index in [1.807, 2.05) is 32.0 Å². The van der Waals surface area contributed by atoms with Gasteiger partial charge >= 0.3 is 14.0 Å². The first-order chi connectivity index (χ1) is 43.8. The number of nitrogen functional groups attached to an aromatic ring is 1. The normalized spacial score (nSPS) is 22.2. The summed E-state index contributed by atoms with van der Waals surface area (Å²) in [7, 11) is -7.55. The number of fused-ring (bicyclic) bond motifs is 2. The van der Waals surface area contributed by atoms with Crippen molar-refractivity contribution in [1.29, 1.82) is 5.26 Å². The molecule has 7 atom stereocenters. The molecule has 4 aliphatic heterocycles. The quantitative estimate of drug-likeness (QED) is 0.0182. The first-order valence-corrected chi connectivity index (χ1v) is 35.6. The number of nitrogens with one attached hydrogen (secondary N) is 1. The second-order valence-electron chi connectivity index (χ2n) is 24.9. The largest absolute Gasteiger partial charge is 0.508 e. The van der Waals surface area contributed by atoms with E-state index < -0.39 is 76.4 Å². The van der Waals surface area contributed by atoms with Crippen molar-refractivity contribution >= 4 is 62.6 Å². The lowest BCUT2D eigenvalue weighted by molar-refractivity contribution is -0.141. The van der Waals surface area contributed by atoms with Crippen LogP contribution in [0.5, 0.6) is 17.5 Å². The summed E-state index contributed by atoms with van der Waals surface area (Å²) in [5, 5.41) is 25.1. The average molecular weight is 1330 g/mol. The Hall–Kier alpha value is -7.29. The second-order valence-corrected chi connectivity index (χ2v) is 31.1. The van der Waals surface area contributed by atoms with Crippen LogP contribution in [0.2, 0.25) is 0 Å². The molecule has 2 bridgehead atoms.